The summed E-state index contributed by atoms with van der Waals surface area (Å²) in [5.41, 5.74) is 12.7. The molecule has 1 aromatic heterocycles. The molecule has 0 atom stereocenters. The van der Waals surface area contributed by atoms with Crippen LogP contribution in [0.25, 0.3) is 10.1 Å². The second kappa shape index (κ2) is 12.1. The lowest BCUT2D eigenvalue weighted by atomic mass is 10.1. The number of amides is 1. The topological polar surface area (TPSA) is 152 Å². The molecule has 1 heterocycles. The summed E-state index contributed by atoms with van der Waals surface area (Å²) in [6.45, 7) is 0.842. The Hall–Kier alpha value is -3.99. The van der Waals surface area contributed by atoms with Crippen molar-refractivity contribution in [1.29, 1.82) is 0 Å². The number of carbonyl (C=O) groups is 3. The smallest absolute Gasteiger partial charge is 0.305 e. The molecule has 0 fully saturated rings. The van der Waals surface area contributed by atoms with Crippen molar-refractivity contribution in [3.63, 3.8) is 0 Å². The molecule has 0 saturated carbocycles. The van der Waals surface area contributed by atoms with Gasteiger partial charge in [0.2, 0.25) is 5.91 Å². The SMILES string of the molecule is COC(=O)CCC(=O)c1sc2cc(OC)c(OC)cc2c1OCCCNc1ccc(C(N)=O)cc1N. The lowest BCUT2D eigenvalue weighted by Gasteiger charge is -2.12. The standard InChI is InChI=1S/C25H29N3O7S/c1-32-19-12-15-21(13-20(19)33-2)36-24(18(29)7-8-22(30)34-3)23(15)35-10-4-9-28-17-6-5-14(25(27)31)11-16(17)26/h5-6,11-13,28H,4,7-10,26H2,1-3H3,(H2,27,31). The molecule has 0 aliphatic rings. The zero-order valence-corrected chi connectivity index (χ0v) is 21.2. The number of hydrogen-bond acceptors (Lipinski definition) is 10. The number of carbonyl (C=O) groups excluding carboxylic acids is 3. The molecule has 0 unspecified atom stereocenters. The van der Waals surface area contributed by atoms with E-state index in [4.69, 9.17) is 25.7 Å². The highest BCUT2D eigenvalue weighted by Gasteiger charge is 2.23. The summed E-state index contributed by atoms with van der Waals surface area (Å²) in [4.78, 5) is 36.2. The van der Waals surface area contributed by atoms with Crippen LogP contribution in [0, 0.1) is 0 Å². The Kier molecular flexibility index (Phi) is 8.96. The predicted molar refractivity (Wildman–Crippen MR) is 138 cm³/mol. The van der Waals surface area contributed by atoms with Crippen LogP contribution in [0.3, 0.4) is 0 Å². The Morgan fingerprint density at radius 1 is 1.00 bits per heavy atom. The highest BCUT2D eigenvalue weighted by atomic mass is 32.1. The molecule has 1 amide bonds. The Labute approximate surface area is 212 Å². The normalized spacial score (nSPS) is 10.6. The molecule has 3 rings (SSSR count). The van der Waals surface area contributed by atoms with Gasteiger partial charge in [-0.3, -0.25) is 14.4 Å². The molecule has 0 bridgehead atoms. The first-order valence-corrected chi connectivity index (χ1v) is 11.9. The number of methoxy groups -OCH3 is 3. The van der Waals surface area contributed by atoms with Crippen molar-refractivity contribution in [1.82, 2.24) is 0 Å². The molecule has 0 saturated heterocycles. The summed E-state index contributed by atoms with van der Waals surface area (Å²) in [5, 5.41) is 3.92. The molecule has 5 N–H and O–H groups in total. The van der Waals surface area contributed by atoms with Crippen molar-refractivity contribution in [3.05, 3.63) is 40.8 Å². The number of nitrogens with two attached hydrogens (primary N) is 2. The van der Waals surface area contributed by atoms with Crippen molar-refractivity contribution >= 4 is 50.5 Å². The van der Waals surface area contributed by atoms with E-state index in [0.29, 0.717) is 58.6 Å². The highest BCUT2D eigenvalue weighted by Crippen LogP contribution is 2.44. The van der Waals surface area contributed by atoms with Crippen molar-refractivity contribution < 1.29 is 33.3 Å². The van der Waals surface area contributed by atoms with E-state index in [1.54, 1.807) is 24.3 Å². The lowest BCUT2D eigenvalue weighted by molar-refractivity contribution is -0.140. The maximum Gasteiger partial charge on any atom is 0.305 e. The average Bonchev–Trinajstić information content (AvgIpc) is 3.23. The number of benzene rings is 2. The van der Waals surface area contributed by atoms with Gasteiger partial charge < -0.3 is 35.7 Å². The fraction of sp³-hybridized carbons (Fsp3) is 0.320. The van der Waals surface area contributed by atoms with Crippen molar-refractivity contribution in [3.8, 4) is 17.2 Å². The average molecular weight is 516 g/mol. The Bertz CT molecular complexity index is 1270. The van der Waals surface area contributed by atoms with Crippen molar-refractivity contribution in [2.75, 3.05) is 45.5 Å². The molecule has 11 heteroatoms. The van der Waals surface area contributed by atoms with Crippen LogP contribution in [0.2, 0.25) is 0 Å². The minimum atomic E-state index is -0.546. The maximum atomic E-state index is 13.0. The van der Waals surface area contributed by atoms with Gasteiger partial charge in [0, 0.05) is 34.7 Å². The first kappa shape index (κ1) is 26.6. The summed E-state index contributed by atoms with van der Waals surface area (Å²) in [6, 6.07) is 8.38. The van der Waals surface area contributed by atoms with E-state index in [1.807, 2.05) is 0 Å². The number of anilines is 2. The zero-order valence-electron chi connectivity index (χ0n) is 20.3. The van der Waals surface area contributed by atoms with E-state index in [-0.39, 0.29) is 18.6 Å². The molecule has 2 aromatic carbocycles. The van der Waals surface area contributed by atoms with Gasteiger partial charge in [-0.25, -0.2) is 0 Å². The molecular weight excluding hydrogens is 486 g/mol. The number of esters is 1. The molecule has 0 spiro atoms. The van der Waals surface area contributed by atoms with Crippen LogP contribution in [0.1, 0.15) is 39.3 Å². The largest absolute Gasteiger partial charge is 0.493 e. The quantitative estimate of drug-likeness (QED) is 0.134. The molecule has 0 aliphatic carbocycles. The minimum absolute atomic E-state index is 0.00621. The van der Waals surface area contributed by atoms with Crippen LogP contribution in [-0.2, 0) is 9.53 Å². The Morgan fingerprint density at radius 2 is 1.72 bits per heavy atom. The van der Waals surface area contributed by atoms with Gasteiger partial charge in [-0.05, 0) is 30.7 Å². The highest BCUT2D eigenvalue weighted by molar-refractivity contribution is 7.21. The Balaban J connectivity index is 1.74. The monoisotopic (exact) mass is 515 g/mol. The second-order valence-electron chi connectivity index (χ2n) is 7.76. The molecule has 3 aromatic rings. The Morgan fingerprint density at radius 3 is 2.36 bits per heavy atom. The zero-order chi connectivity index (χ0) is 26.2. The summed E-state index contributed by atoms with van der Waals surface area (Å²) in [5.74, 6) is 0.277. The number of ether oxygens (including phenoxy) is 4. The van der Waals surface area contributed by atoms with Gasteiger partial charge in [-0.2, -0.15) is 0 Å². The van der Waals surface area contributed by atoms with Gasteiger partial charge in [-0.15, -0.1) is 11.3 Å². The van der Waals surface area contributed by atoms with Crippen LogP contribution in [0.5, 0.6) is 17.2 Å². The molecule has 192 valence electrons. The third-order valence-electron chi connectivity index (χ3n) is 5.40. The number of nitrogens with one attached hydrogen (secondary N) is 1. The summed E-state index contributed by atoms with van der Waals surface area (Å²) in [6.07, 6.45) is 0.583. The second-order valence-corrected chi connectivity index (χ2v) is 8.81. The van der Waals surface area contributed by atoms with Crippen LogP contribution in [0.15, 0.2) is 30.3 Å². The van der Waals surface area contributed by atoms with Crippen LogP contribution >= 0.6 is 11.3 Å². The van der Waals surface area contributed by atoms with E-state index in [2.05, 4.69) is 10.1 Å². The number of Topliss-reactive ketones (excluding diaryl/α,β-unsaturated/α-hetero) is 1. The van der Waals surface area contributed by atoms with Crippen LogP contribution in [0.4, 0.5) is 11.4 Å². The molecule has 0 aliphatic heterocycles. The number of hydrogen-bond donors (Lipinski definition) is 3. The van der Waals surface area contributed by atoms with Crippen molar-refractivity contribution in [2.45, 2.75) is 19.3 Å². The number of nitrogen functional groups attached to an aromatic ring is 1. The summed E-state index contributed by atoms with van der Waals surface area (Å²) >= 11 is 1.27. The van der Waals surface area contributed by atoms with E-state index < -0.39 is 11.9 Å². The van der Waals surface area contributed by atoms with Gasteiger partial charge >= 0.3 is 5.97 Å². The lowest BCUT2D eigenvalue weighted by Crippen LogP contribution is -2.13. The van der Waals surface area contributed by atoms with E-state index in [0.717, 1.165) is 10.1 Å². The summed E-state index contributed by atoms with van der Waals surface area (Å²) < 4.78 is 22.3. The maximum absolute atomic E-state index is 13.0. The predicted octanol–water partition coefficient (Wildman–Crippen LogP) is 3.62. The minimum Gasteiger partial charge on any atom is -0.493 e. The van der Waals surface area contributed by atoms with Crippen LogP contribution in [-0.4, -0.2) is 52.1 Å². The van der Waals surface area contributed by atoms with E-state index in [9.17, 15) is 14.4 Å². The fourth-order valence-electron chi connectivity index (χ4n) is 3.51. The van der Waals surface area contributed by atoms with Gasteiger partial charge in [0.05, 0.1) is 45.7 Å². The van der Waals surface area contributed by atoms with Gasteiger partial charge in [-0.1, -0.05) is 0 Å². The first-order chi connectivity index (χ1) is 17.3. The molecular formula is C25H29N3O7S. The fourth-order valence-corrected chi connectivity index (χ4v) is 4.63. The van der Waals surface area contributed by atoms with E-state index >= 15 is 0 Å². The third kappa shape index (κ3) is 6.16. The number of rotatable bonds is 13. The van der Waals surface area contributed by atoms with Crippen molar-refractivity contribution in [2.24, 2.45) is 5.73 Å². The first-order valence-electron chi connectivity index (χ1n) is 11.1. The number of primary amides is 1. The summed E-state index contributed by atoms with van der Waals surface area (Å²) in [7, 11) is 4.36. The third-order valence-corrected chi connectivity index (χ3v) is 6.58. The molecule has 10 nitrogen and oxygen atoms in total. The van der Waals surface area contributed by atoms with Gasteiger partial charge in [0.15, 0.2) is 17.3 Å². The van der Waals surface area contributed by atoms with Gasteiger partial charge in [0.25, 0.3) is 0 Å². The van der Waals surface area contributed by atoms with E-state index in [1.165, 1.54) is 38.7 Å². The van der Waals surface area contributed by atoms with Gasteiger partial charge in [0.1, 0.15) is 10.6 Å². The molecule has 36 heavy (non-hydrogen) atoms. The van der Waals surface area contributed by atoms with Crippen LogP contribution < -0.4 is 31.0 Å². The number of fused-ring (bicyclic) bond motifs is 1. The number of ketones is 1. The number of thiophene rings is 1. The molecule has 0 radical (unpaired) electrons.